The smallest absolute Gasteiger partial charge is 0.243 e. The third-order valence-electron chi connectivity index (χ3n) is 3.49. The highest BCUT2D eigenvalue weighted by Crippen LogP contribution is 2.21. The van der Waals surface area contributed by atoms with E-state index in [2.05, 4.69) is 10.3 Å². The van der Waals surface area contributed by atoms with Crippen LogP contribution in [0.15, 0.2) is 34.2 Å². The number of halogens is 1. The zero-order valence-corrected chi connectivity index (χ0v) is 16.7. The van der Waals surface area contributed by atoms with Crippen LogP contribution in [0.25, 0.3) is 0 Å². The number of rotatable bonds is 5. The minimum absolute atomic E-state index is 0. The first-order chi connectivity index (χ1) is 10.4. The average Bonchev–Trinajstić information content (AvgIpc) is 3.00. The molecule has 8 heteroatoms. The van der Waals surface area contributed by atoms with E-state index in [-0.39, 0.29) is 30.0 Å². The molecule has 1 aromatic carbocycles. The van der Waals surface area contributed by atoms with E-state index in [4.69, 9.17) is 5.73 Å². The van der Waals surface area contributed by atoms with Gasteiger partial charge in [-0.1, -0.05) is 12.1 Å². The summed E-state index contributed by atoms with van der Waals surface area (Å²) in [5.41, 5.74) is 6.67. The Kier molecular flexibility index (Phi) is 7.75. The van der Waals surface area contributed by atoms with Crippen molar-refractivity contribution in [2.24, 2.45) is 10.7 Å². The molecule has 130 valence electrons. The van der Waals surface area contributed by atoms with Crippen molar-refractivity contribution in [2.45, 2.75) is 44.2 Å². The summed E-state index contributed by atoms with van der Waals surface area (Å²) in [4.78, 5) is 4.57. The van der Waals surface area contributed by atoms with Crippen molar-refractivity contribution in [1.82, 2.24) is 9.62 Å². The normalized spacial score (nSPS) is 16.4. The summed E-state index contributed by atoms with van der Waals surface area (Å²) in [6.45, 7) is 5.63. The zero-order valence-electron chi connectivity index (χ0n) is 13.5. The molecule has 0 radical (unpaired) electrons. The average molecular weight is 452 g/mol. The summed E-state index contributed by atoms with van der Waals surface area (Å²) < 4.78 is 26.3. The Morgan fingerprint density at radius 2 is 1.83 bits per heavy atom. The number of guanidine groups is 1. The van der Waals surface area contributed by atoms with Gasteiger partial charge in [-0.05, 0) is 44.4 Å². The number of hydrogen-bond acceptors (Lipinski definition) is 3. The van der Waals surface area contributed by atoms with E-state index in [0.717, 1.165) is 18.4 Å². The molecule has 1 aliphatic rings. The van der Waals surface area contributed by atoms with Crippen LogP contribution in [0.1, 0.15) is 32.3 Å². The Labute approximate surface area is 155 Å². The predicted molar refractivity (Wildman–Crippen MR) is 103 cm³/mol. The highest BCUT2D eigenvalue weighted by molar-refractivity contribution is 14.0. The topological polar surface area (TPSA) is 87.8 Å². The standard InChI is InChI=1S/C15H24N4O2S.HI/c1-12(2)18-15(16)17-11-13-5-7-14(8-6-13)22(20,21)19-9-3-4-10-19;/h5-8,12H,3-4,9-11H2,1-2H3,(H3,16,17,18);1H. The lowest BCUT2D eigenvalue weighted by Crippen LogP contribution is -2.36. The predicted octanol–water partition coefficient (Wildman–Crippen LogP) is 1.90. The third-order valence-corrected chi connectivity index (χ3v) is 5.41. The maximum atomic E-state index is 12.4. The lowest BCUT2D eigenvalue weighted by molar-refractivity contribution is 0.477. The minimum Gasteiger partial charge on any atom is -0.370 e. The van der Waals surface area contributed by atoms with Gasteiger partial charge < -0.3 is 11.1 Å². The van der Waals surface area contributed by atoms with Crippen LogP contribution in [0.5, 0.6) is 0 Å². The van der Waals surface area contributed by atoms with Crippen LogP contribution in [0.4, 0.5) is 0 Å². The van der Waals surface area contributed by atoms with Gasteiger partial charge in [0.25, 0.3) is 0 Å². The van der Waals surface area contributed by atoms with Crippen LogP contribution in [0.2, 0.25) is 0 Å². The summed E-state index contributed by atoms with van der Waals surface area (Å²) in [7, 11) is -3.34. The van der Waals surface area contributed by atoms with Gasteiger partial charge in [0, 0.05) is 19.1 Å². The van der Waals surface area contributed by atoms with Gasteiger partial charge in [0.1, 0.15) is 0 Å². The van der Waals surface area contributed by atoms with Crippen molar-refractivity contribution in [1.29, 1.82) is 0 Å². The molecular weight excluding hydrogens is 427 g/mol. The molecular formula is C15H25IN4O2S. The Bertz CT molecular complexity index is 623. The first kappa shape index (κ1) is 20.2. The molecule has 0 unspecified atom stereocenters. The van der Waals surface area contributed by atoms with E-state index >= 15 is 0 Å². The Morgan fingerprint density at radius 3 is 2.35 bits per heavy atom. The molecule has 0 bridgehead atoms. The van der Waals surface area contributed by atoms with Crippen LogP contribution in [-0.2, 0) is 16.6 Å². The molecule has 1 aliphatic heterocycles. The van der Waals surface area contributed by atoms with Crippen molar-refractivity contribution < 1.29 is 8.42 Å². The lowest BCUT2D eigenvalue weighted by atomic mass is 10.2. The van der Waals surface area contributed by atoms with E-state index in [9.17, 15) is 8.42 Å². The van der Waals surface area contributed by atoms with Crippen molar-refractivity contribution in [3.63, 3.8) is 0 Å². The molecule has 3 N–H and O–H groups in total. The number of nitrogens with zero attached hydrogens (tertiary/aromatic N) is 2. The molecule has 0 saturated carbocycles. The molecule has 1 saturated heterocycles. The first-order valence-corrected chi connectivity index (χ1v) is 8.99. The maximum absolute atomic E-state index is 12.4. The van der Waals surface area contributed by atoms with E-state index < -0.39 is 10.0 Å². The summed E-state index contributed by atoms with van der Waals surface area (Å²) in [6.07, 6.45) is 1.88. The molecule has 1 heterocycles. The molecule has 0 aliphatic carbocycles. The number of nitrogens with one attached hydrogen (secondary N) is 1. The number of sulfonamides is 1. The van der Waals surface area contributed by atoms with Crippen molar-refractivity contribution in [3.8, 4) is 0 Å². The van der Waals surface area contributed by atoms with Gasteiger partial charge in [0.2, 0.25) is 10.0 Å². The van der Waals surface area contributed by atoms with Crippen LogP contribution in [-0.4, -0.2) is 37.8 Å². The number of hydrogen-bond donors (Lipinski definition) is 2. The summed E-state index contributed by atoms with van der Waals surface area (Å²) >= 11 is 0. The second-order valence-corrected chi connectivity index (χ2v) is 7.69. The van der Waals surface area contributed by atoms with Crippen molar-refractivity contribution in [3.05, 3.63) is 29.8 Å². The fourth-order valence-corrected chi connectivity index (χ4v) is 3.88. The van der Waals surface area contributed by atoms with Crippen LogP contribution in [0, 0.1) is 0 Å². The van der Waals surface area contributed by atoms with Gasteiger partial charge >= 0.3 is 0 Å². The molecule has 23 heavy (non-hydrogen) atoms. The zero-order chi connectivity index (χ0) is 16.2. The van der Waals surface area contributed by atoms with Gasteiger partial charge in [-0.25, -0.2) is 13.4 Å². The third kappa shape index (κ3) is 5.61. The number of benzene rings is 1. The van der Waals surface area contributed by atoms with Crippen molar-refractivity contribution in [2.75, 3.05) is 13.1 Å². The molecule has 0 spiro atoms. The van der Waals surface area contributed by atoms with Crippen LogP contribution in [0.3, 0.4) is 0 Å². The first-order valence-electron chi connectivity index (χ1n) is 7.55. The highest BCUT2D eigenvalue weighted by atomic mass is 127. The Balaban J connectivity index is 0.00000264. The molecule has 6 nitrogen and oxygen atoms in total. The summed E-state index contributed by atoms with van der Waals surface area (Å²) in [6, 6.07) is 7.09. The van der Waals surface area contributed by atoms with E-state index in [1.807, 2.05) is 13.8 Å². The monoisotopic (exact) mass is 452 g/mol. The Hall–Kier alpha value is -0.870. The molecule has 0 atom stereocenters. The second-order valence-electron chi connectivity index (χ2n) is 5.76. The van der Waals surface area contributed by atoms with Crippen LogP contribution < -0.4 is 11.1 Å². The summed E-state index contributed by atoms with van der Waals surface area (Å²) in [5, 5.41) is 3.01. The van der Waals surface area contributed by atoms with E-state index in [1.54, 1.807) is 28.6 Å². The number of nitrogens with two attached hydrogens (primary N) is 1. The molecule has 0 amide bonds. The fraction of sp³-hybridized carbons (Fsp3) is 0.533. The van der Waals surface area contributed by atoms with Crippen LogP contribution >= 0.6 is 24.0 Å². The molecule has 0 aromatic heterocycles. The minimum atomic E-state index is -3.34. The highest BCUT2D eigenvalue weighted by Gasteiger charge is 2.26. The quantitative estimate of drug-likeness (QED) is 0.406. The SMILES string of the molecule is CC(C)NC(N)=NCc1ccc(S(=O)(=O)N2CCCC2)cc1.I. The second kappa shape index (κ2) is 8.84. The van der Waals surface area contributed by atoms with E-state index in [1.165, 1.54) is 0 Å². The van der Waals surface area contributed by atoms with Gasteiger partial charge in [0.05, 0.1) is 11.4 Å². The maximum Gasteiger partial charge on any atom is 0.243 e. The fourth-order valence-electron chi connectivity index (χ4n) is 2.36. The van der Waals surface area contributed by atoms with Crippen molar-refractivity contribution >= 4 is 40.0 Å². The van der Waals surface area contributed by atoms with Gasteiger partial charge in [-0.3, -0.25) is 0 Å². The van der Waals surface area contributed by atoms with Gasteiger partial charge in [-0.15, -0.1) is 24.0 Å². The summed E-state index contributed by atoms with van der Waals surface area (Å²) in [5.74, 6) is 0.392. The molecule has 1 fully saturated rings. The lowest BCUT2D eigenvalue weighted by Gasteiger charge is -2.15. The Morgan fingerprint density at radius 1 is 1.26 bits per heavy atom. The number of aliphatic imine (C=N–C) groups is 1. The van der Waals surface area contributed by atoms with E-state index in [0.29, 0.717) is 30.5 Å². The molecule has 1 aromatic rings. The van der Waals surface area contributed by atoms with Gasteiger partial charge in [-0.2, -0.15) is 4.31 Å². The largest absolute Gasteiger partial charge is 0.370 e. The van der Waals surface area contributed by atoms with Gasteiger partial charge in [0.15, 0.2) is 5.96 Å². The molecule has 2 rings (SSSR count).